The van der Waals surface area contributed by atoms with Crippen molar-refractivity contribution < 1.29 is 4.74 Å². The molecule has 3 heteroatoms. The molecule has 0 aliphatic heterocycles. The number of nitrogens with two attached hydrogens (primary N) is 1. The highest BCUT2D eigenvalue weighted by Crippen LogP contribution is 2.22. The van der Waals surface area contributed by atoms with E-state index in [0.29, 0.717) is 5.69 Å². The van der Waals surface area contributed by atoms with Crippen LogP contribution in [0.4, 0.5) is 11.4 Å². The number of anilines is 2. The summed E-state index contributed by atoms with van der Waals surface area (Å²) in [7, 11) is 1.64. The van der Waals surface area contributed by atoms with Gasteiger partial charge in [-0.05, 0) is 18.1 Å². The van der Waals surface area contributed by atoms with E-state index < -0.39 is 0 Å². The minimum atomic E-state index is 0.705. The maximum absolute atomic E-state index is 5.80. The molecule has 0 aromatic heterocycles. The second-order valence-corrected chi connectivity index (χ2v) is 4.16. The van der Waals surface area contributed by atoms with Crippen LogP contribution in [0.25, 0.3) is 0 Å². The van der Waals surface area contributed by atoms with Crippen molar-refractivity contribution in [2.24, 2.45) is 0 Å². The standard InChI is InChI=1S/C15H18N2O/c1-18-15-10-13(16)9-14(11-15)17-8-7-12-5-3-2-4-6-12/h2-6,9-11,17H,7-8,16H2,1H3. The van der Waals surface area contributed by atoms with Gasteiger partial charge < -0.3 is 15.8 Å². The van der Waals surface area contributed by atoms with Crippen LogP contribution < -0.4 is 15.8 Å². The molecule has 0 unspecified atom stereocenters. The first-order valence-corrected chi connectivity index (χ1v) is 6.00. The third-order valence-corrected chi connectivity index (χ3v) is 2.75. The van der Waals surface area contributed by atoms with Crippen molar-refractivity contribution in [3.63, 3.8) is 0 Å². The molecule has 0 saturated heterocycles. The van der Waals surface area contributed by atoms with Gasteiger partial charge in [0.1, 0.15) is 5.75 Å². The summed E-state index contributed by atoms with van der Waals surface area (Å²) in [6, 6.07) is 16.1. The maximum Gasteiger partial charge on any atom is 0.122 e. The summed E-state index contributed by atoms with van der Waals surface area (Å²) < 4.78 is 5.18. The molecular formula is C15H18N2O. The van der Waals surface area contributed by atoms with Gasteiger partial charge in [-0.25, -0.2) is 0 Å². The first-order valence-electron chi connectivity index (χ1n) is 6.00. The van der Waals surface area contributed by atoms with Gasteiger partial charge in [0, 0.05) is 30.1 Å². The average molecular weight is 242 g/mol. The highest BCUT2D eigenvalue weighted by Gasteiger charge is 1.99. The topological polar surface area (TPSA) is 47.3 Å². The van der Waals surface area contributed by atoms with Crippen molar-refractivity contribution in [3.05, 3.63) is 54.1 Å². The van der Waals surface area contributed by atoms with Gasteiger partial charge in [-0.15, -0.1) is 0 Å². The Bertz CT molecular complexity index is 497. The molecule has 2 aromatic carbocycles. The number of methoxy groups -OCH3 is 1. The third-order valence-electron chi connectivity index (χ3n) is 2.75. The summed E-state index contributed by atoms with van der Waals surface area (Å²) in [5.41, 5.74) is 8.81. The molecule has 94 valence electrons. The van der Waals surface area contributed by atoms with E-state index in [1.54, 1.807) is 7.11 Å². The fourth-order valence-corrected chi connectivity index (χ4v) is 1.84. The number of hydrogen-bond donors (Lipinski definition) is 2. The van der Waals surface area contributed by atoms with Crippen LogP contribution in [0.2, 0.25) is 0 Å². The highest BCUT2D eigenvalue weighted by molar-refractivity contribution is 5.59. The normalized spacial score (nSPS) is 10.1. The van der Waals surface area contributed by atoms with Crippen LogP contribution in [0.1, 0.15) is 5.56 Å². The Morgan fingerprint density at radius 1 is 1.11 bits per heavy atom. The summed E-state index contributed by atoms with van der Waals surface area (Å²) in [6.07, 6.45) is 0.984. The summed E-state index contributed by atoms with van der Waals surface area (Å²) in [5.74, 6) is 0.775. The molecule has 0 saturated carbocycles. The molecule has 0 fully saturated rings. The molecule has 2 aromatic rings. The van der Waals surface area contributed by atoms with Gasteiger partial charge in [0.25, 0.3) is 0 Å². The predicted molar refractivity (Wildman–Crippen MR) is 76.0 cm³/mol. The van der Waals surface area contributed by atoms with Gasteiger partial charge in [-0.3, -0.25) is 0 Å². The molecule has 0 bridgehead atoms. The van der Waals surface area contributed by atoms with Crippen molar-refractivity contribution in [2.75, 3.05) is 24.7 Å². The number of hydrogen-bond acceptors (Lipinski definition) is 3. The lowest BCUT2D eigenvalue weighted by atomic mass is 10.1. The molecule has 0 spiro atoms. The van der Waals surface area contributed by atoms with E-state index in [4.69, 9.17) is 10.5 Å². The molecule has 3 N–H and O–H groups in total. The van der Waals surface area contributed by atoms with Gasteiger partial charge in [0.15, 0.2) is 0 Å². The van der Waals surface area contributed by atoms with E-state index in [9.17, 15) is 0 Å². The third kappa shape index (κ3) is 3.42. The van der Waals surface area contributed by atoms with E-state index in [1.165, 1.54) is 5.56 Å². The second kappa shape index (κ2) is 5.96. The molecule has 0 aliphatic rings. The minimum absolute atomic E-state index is 0.705. The smallest absolute Gasteiger partial charge is 0.122 e. The number of nitrogen functional groups attached to an aromatic ring is 1. The molecule has 0 radical (unpaired) electrons. The summed E-state index contributed by atoms with van der Waals surface area (Å²) in [5, 5.41) is 3.35. The largest absolute Gasteiger partial charge is 0.497 e. The Morgan fingerprint density at radius 3 is 2.61 bits per heavy atom. The molecule has 2 rings (SSSR count). The first kappa shape index (κ1) is 12.3. The Balaban J connectivity index is 1.92. The van der Waals surface area contributed by atoms with Gasteiger partial charge >= 0.3 is 0 Å². The van der Waals surface area contributed by atoms with Crippen LogP contribution in [0.5, 0.6) is 5.75 Å². The molecule has 0 aliphatic carbocycles. The Hall–Kier alpha value is -2.16. The van der Waals surface area contributed by atoms with E-state index in [-0.39, 0.29) is 0 Å². The van der Waals surface area contributed by atoms with Gasteiger partial charge in [0.2, 0.25) is 0 Å². The van der Waals surface area contributed by atoms with Crippen molar-refractivity contribution in [3.8, 4) is 5.75 Å². The van der Waals surface area contributed by atoms with Crippen LogP contribution in [0.15, 0.2) is 48.5 Å². The summed E-state index contributed by atoms with van der Waals surface area (Å²) in [4.78, 5) is 0. The predicted octanol–water partition coefficient (Wildman–Crippen LogP) is 2.93. The number of nitrogens with one attached hydrogen (secondary N) is 1. The fourth-order valence-electron chi connectivity index (χ4n) is 1.84. The molecule has 0 atom stereocenters. The van der Waals surface area contributed by atoms with Crippen LogP contribution in [-0.4, -0.2) is 13.7 Å². The van der Waals surface area contributed by atoms with Crippen LogP contribution in [0.3, 0.4) is 0 Å². The van der Waals surface area contributed by atoms with E-state index in [2.05, 4.69) is 29.6 Å². The molecular weight excluding hydrogens is 224 g/mol. The summed E-state index contributed by atoms with van der Waals surface area (Å²) in [6.45, 7) is 0.872. The zero-order chi connectivity index (χ0) is 12.8. The lowest BCUT2D eigenvalue weighted by Gasteiger charge is -2.09. The van der Waals surface area contributed by atoms with Gasteiger partial charge in [-0.2, -0.15) is 0 Å². The Kier molecular flexibility index (Phi) is 4.07. The SMILES string of the molecule is COc1cc(N)cc(NCCc2ccccc2)c1. The van der Waals surface area contributed by atoms with Crippen molar-refractivity contribution >= 4 is 11.4 Å². The van der Waals surface area contributed by atoms with Crippen LogP contribution >= 0.6 is 0 Å². The zero-order valence-corrected chi connectivity index (χ0v) is 10.5. The monoisotopic (exact) mass is 242 g/mol. The van der Waals surface area contributed by atoms with Gasteiger partial charge in [0.05, 0.1) is 7.11 Å². The van der Waals surface area contributed by atoms with Gasteiger partial charge in [-0.1, -0.05) is 30.3 Å². The second-order valence-electron chi connectivity index (χ2n) is 4.16. The van der Waals surface area contributed by atoms with E-state index in [0.717, 1.165) is 24.4 Å². The number of benzene rings is 2. The molecule has 0 amide bonds. The van der Waals surface area contributed by atoms with Crippen LogP contribution in [-0.2, 0) is 6.42 Å². The number of rotatable bonds is 5. The quantitative estimate of drug-likeness (QED) is 0.792. The Labute approximate surface area is 108 Å². The first-order chi connectivity index (χ1) is 8.78. The number of ether oxygens (including phenoxy) is 1. The zero-order valence-electron chi connectivity index (χ0n) is 10.5. The van der Waals surface area contributed by atoms with Crippen LogP contribution in [0, 0.1) is 0 Å². The fraction of sp³-hybridized carbons (Fsp3) is 0.200. The maximum atomic E-state index is 5.80. The lowest BCUT2D eigenvalue weighted by Crippen LogP contribution is -2.05. The average Bonchev–Trinajstić information content (AvgIpc) is 2.39. The van der Waals surface area contributed by atoms with E-state index >= 15 is 0 Å². The Morgan fingerprint density at radius 2 is 1.89 bits per heavy atom. The molecule has 3 nitrogen and oxygen atoms in total. The minimum Gasteiger partial charge on any atom is -0.497 e. The molecule has 18 heavy (non-hydrogen) atoms. The summed E-state index contributed by atoms with van der Waals surface area (Å²) >= 11 is 0. The highest BCUT2D eigenvalue weighted by atomic mass is 16.5. The van der Waals surface area contributed by atoms with Crippen molar-refractivity contribution in [1.82, 2.24) is 0 Å². The van der Waals surface area contributed by atoms with E-state index in [1.807, 2.05) is 24.3 Å². The lowest BCUT2D eigenvalue weighted by molar-refractivity contribution is 0.415. The molecule has 0 heterocycles. The van der Waals surface area contributed by atoms with Crippen molar-refractivity contribution in [1.29, 1.82) is 0 Å². The van der Waals surface area contributed by atoms with Crippen molar-refractivity contribution in [2.45, 2.75) is 6.42 Å².